The van der Waals surface area contributed by atoms with Gasteiger partial charge in [0, 0.05) is 24.5 Å². The number of esters is 1. The third-order valence-corrected chi connectivity index (χ3v) is 4.05. The molecule has 0 radical (unpaired) electrons. The van der Waals surface area contributed by atoms with Gasteiger partial charge in [-0.1, -0.05) is 0 Å². The first-order chi connectivity index (χ1) is 10.1. The van der Waals surface area contributed by atoms with E-state index in [1.807, 2.05) is 23.6 Å². The summed E-state index contributed by atoms with van der Waals surface area (Å²) in [4.78, 5) is 16.3. The molecular formula is C16H18N2O3. The largest absolute Gasteiger partial charge is 0.465 e. The molecule has 1 atom stereocenters. The number of hydrogen-bond acceptors (Lipinski definition) is 4. The van der Waals surface area contributed by atoms with Gasteiger partial charge in [0.25, 0.3) is 0 Å². The van der Waals surface area contributed by atoms with Gasteiger partial charge in [-0.2, -0.15) is 0 Å². The summed E-state index contributed by atoms with van der Waals surface area (Å²) in [5.41, 5.74) is 3.89. The molecule has 1 aliphatic heterocycles. The summed E-state index contributed by atoms with van der Waals surface area (Å²) >= 11 is 0. The summed E-state index contributed by atoms with van der Waals surface area (Å²) in [7, 11) is 1.37. The Hall–Kier alpha value is -2.14. The van der Waals surface area contributed by atoms with Crippen molar-refractivity contribution in [2.45, 2.75) is 32.4 Å². The number of methoxy groups -OCH3 is 1. The van der Waals surface area contributed by atoms with E-state index in [2.05, 4.69) is 4.98 Å². The standard InChI is InChI=1S/C16H18N2O3/c1-10-13(16(20)21-2)15-12(19)6-4-8-18(15)14(10)11-5-3-7-17-9-11/h3,5,7,9,12,19H,4,6,8H2,1-2H3. The second-order valence-corrected chi connectivity index (χ2v) is 5.28. The van der Waals surface area contributed by atoms with Crippen LogP contribution in [-0.2, 0) is 11.3 Å². The number of aromatic nitrogens is 2. The Labute approximate surface area is 123 Å². The highest BCUT2D eigenvalue weighted by Gasteiger charge is 2.32. The van der Waals surface area contributed by atoms with Gasteiger partial charge in [0.15, 0.2) is 0 Å². The smallest absolute Gasteiger partial charge is 0.340 e. The van der Waals surface area contributed by atoms with Gasteiger partial charge in [-0.25, -0.2) is 4.79 Å². The number of carbonyl (C=O) groups excluding carboxylic acids is 1. The molecule has 2 aromatic rings. The van der Waals surface area contributed by atoms with Gasteiger partial charge in [0.05, 0.1) is 30.2 Å². The molecule has 0 saturated heterocycles. The predicted molar refractivity (Wildman–Crippen MR) is 77.9 cm³/mol. The number of nitrogens with zero attached hydrogens (tertiary/aromatic N) is 2. The normalized spacial score (nSPS) is 17.4. The highest BCUT2D eigenvalue weighted by Crippen LogP contribution is 2.38. The molecule has 0 spiro atoms. The maximum Gasteiger partial charge on any atom is 0.340 e. The van der Waals surface area contributed by atoms with Crippen molar-refractivity contribution in [2.24, 2.45) is 0 Å². The molecule has 110 valence electrons. The van der Waals surface area contributed by atoms with Crippen LogP contribution in [0.25, 0.3) is 11.3 Å². The van der Waals surface area contributed by atoms with Crippen LogP contribution in [0.3, 0.4) is 0 Å². The Kier molecular flexibility index (Phi) is 3.51. The zero-order chi connectivity index (χ0) is 15.0. The highest BCUT2D eigenvalue weighted by atomic mass is 16.5. The van der Waals surface area contributed by atoms with Crippen LogP contribution in [0.2, 0.25) is 0 Å². The topological polar surface area (TPSA) is 64.3 Å². The Morgan fingerprint density at radius 1 is 1.52 bits per heavy atom. The Morgan fingerprint density at radius 2 is 2.33 bits per heavy atom. The van der Waals surface area contributed by atoms with Crippen molar-refractivity contribution in [1.29, 1.82) is 0 Å². The fourth-order valence-electron chi connectivity index (χ4n) is 3.16. The third kappa shape index (κ3) is 2.14. The van der Waals surface area contributed by atoms with E-state index in [9.17, 15) is 9.90 Å². The summed E-state index contributed by atoms with van der Waals surface area (Å²) in [6, 6.07) is 3.83. The van der Waals surface area contributed by atoms with E-state index in [0.29, 0.717) is 17.7 Å². The fraction of sp³-hybridized carbons (Fsp3) is 0.375. The summed E-state index contributed by atoms with van der Waals surface area (Å²) in [6.45, 7) is 2.68. The average molecular weight is 286 g/mol. The number of aliphatic hydroxyl groups excluding tert-OH is 1. The number of carbonyl (C=O) groups is 1. The quantitative estimate of drug-likeness (QED) is 0.861. The van der Waals surface area contributed by atoms with Crippen molar-refractivity contribution in [3.8, 4) is 11.3 Å². The van der Waals surface area contributed by atoms with E-state index in [1.54, 1.807) is 12.4 Å². The van der Waals surface area contributed by atoms with Gasteiger partial charge in [-0.3, -0.25) is 4.98 Å². The molecule has 5 nitrogen and oxygen atoms in total. The van der Waals surface area contributed by atoms with Crippen LogP contribution in [0.15, 0.2) is 24.5 Å². The van der Waals surface area contributed by atoms with Crippen LogP contribution >= 0.6 is 0 Å². The zero-order valence-corrected chi connectivity index (χ0v) is 12.2. The maximum absolute atomic E-state index is 12.1. The van der Waals surface area contributed by atoms with E-state index in [1.165, 1.54) is 7.11 Å². The van der Waals surface area contributed by atoms with Crippen LogP contribution in [0, 0.1) is 6.92 Å². The van der Waals surface area contributed by atoms with Crippen LogP contribution < -0.4 is 0 Å². The lowest BCUT2D eigenvalue weighted by Crippen LogP contribution is -2.18. The van der Waals surface area contributed by atoms with Gasteiger partial charge >= 0.3 is 5.97 Å². The van der Waals surface area contributed by atoms with Crippen molar-refractivity contribution < 1.29 is 14.6 Å². The fourth-order valence-corrected chi connectivity index (χ4v) is 3.16. The zero-order valence-electron chi connectivity index (χ0n) is 12.2. The second kappa shape index (κ2) is 5.33. The van der Waals surface area contributed by atoms with Crippen molar-refractivity contribution in [3.63, 3.8) is 0 Å². The number of pyridine rings is 1. The average Bonchev–Trinajstić information content (AvgIpc) is 2.81. The summed E-state index contributed by atoms with van der Waals surface area (Å²) < 4.78 is 6.94. The first-order valence-corrected chi connectivity index (χ1v) is 7.05. The Balaban J connectivity index is 2.29. The molecule has 2 aromatic heterocycles. The minimum absolute atomic E-state index is 0.396. The van der Waals surface area contributed by atoms with Gasteiger partial charge in [-0.05, 0) is 37.5 Å². The van der Waals surface area contributed by atoms with Gasteiger partial charge in [0.1, 0.15) is 0 Å². The van der Waals surface area contributed by atoms with Crippen LogP contribution in [0.1, 0.15) is 40.6 Å². The maximum atomic E-state index is 12.1. The number of fused-ring (bicyclic) bond motifs is 1. The number of ether oxygens (including phenoxy) is 1. The molecule has 1 aliphatic rings. The SMILES string of the molecule is COC(=O)c1c(C)c(-c2cccnc2)n2c1C(O)CCC2. The monoisotopic (exact) mass is 286 g/mol. The first kappa shape index (κ1) is 13.8. The minimum Gasteiger partial charge on any atom is -0.465 e. The summed E-state index contributed by atoms with van der Waals surface area (Å²) in [6.07, 6.45) is 4.42. The molecule has 3 heterocycles. The molecule has 0 aromatic carbocycles. The lowest BCUT2D eigenvalue weighted by molar-refractivity contribution is 0.0587. The van der Waals surface area contributed by atoms with E-state index in [-0.39, 0.29) is 0 Å². The van der Waals surface area contributed by atoms with Gasteiger partial charge < -0.3 is 14.4 Å². The van der Waals surface area contributed by atoms with E-state index in [0.717, 1.165) is 29.8 Å². The van der Waals surface area contributed by atoms with Crippen molar-refractivity contribution in [1.82, 2.24) is 9.55 Å². The number of aliphatic hydroxyl groups is 1. The number of rotatable bonds is 2. The van der Waals surface area contributed by atoms with Crippen molar-refractivity contribution >= 4 is 5.97 Å². The molecule has 21 heavy (non-hydrogen) atoms. The lowest BCUT2D eigenvalue weighted by atomic mass is 10.0. The van der Waals surface area contributed by atoms with Crippen LogP contribution in [0.4, 0.5) is 0 Å². The Bertz CT molecular complexity index is 677. The van der Waals surface area contributed by atoms with Gasteiger partial charge in [-0.15, -0.1) is 0 Å². The third-order valence-electron chi connectivity index (χ3n) is 4.05. The second-order valence-electron chi connectivity index (χ2n) is 5.28. The molecule has 0 amide bonds. The predicted octanol–water partition coefficient (Wildman–Crippen LogP) is 2.47. The molecule has 0 fully saturated rings. The highest BCUT2D eigenvalue weighted by molar-refractivity contribution is 5.95. The molecule has 1 unspecified atom stereocenters. The molecule has 1 N–H and O–H groups in total. The molecule has 5 heteroatoms. The van der Waals surface area contributed by atoms with E-state index in [4.69, 9.17) is 4.74 Å². The van der Waals surface area contributed by atoms with E-state index >= 15 is 0 Å². The lowest BCUT2D eigenvalue weighted by Gasteiger charge is -2.23. The van der Waals surface area contributed by atoms with Gasteiger partial charge in [0.2, 0.25) is 0 Å². The summed E-state index contributed by atoms with van der Waals surface area (Å²) in [5.74, 6) is -0.396. The molecule has 3 rings (SSSR count). The minimum atomic E-state index is -0.628. The van der Waals surface area contributed by atoms with Crippen molar-refractivity contribution in [2.75, 3.05) is 7.11 Å². The van der Waals surface area contributed by atoms with Crippen LogP contribution in [-0.4, -0.2) is 27.7 Å². The Morgan fingerprint density at radius 3 is 3.00 bits per heavy atom. The van der Waals surface area contributed by atoms with E-state index < -0.39 is 12.1 Å². The molecular weight excluding hydrogens is 268 g/mol. The molecule has 0 bridgehead atoms. The molecule has 0 aliphatic carbocycles. The van der Waals surface area contributed by atoms with Crippen molar-refractivity contribution in [3.05, 3.63) is 41.3 Å². The first-order valence-electron chi connectivity index (χ1n) is 7.05. The molecule has 0 saturated carbocycles. The summed E-state index contributed by atoms with van der Waals surface area (Å²) in [5, 5.41) is 10.3. The number of hydrogen-bond donors (Lipinski definition) is 1. The van der Waals surface area contributed by atoms with Crippen LogP contribution in [0.5, 0.6) is 0 Å².